The summed E-state index contributed by atoms with van der Waals surface area (Å²) in [5, 5.41) is 6.43. The molecule has 0 radical (unpaired) electrons. The largest absolute Gasteiger partial charge is 0.457 e. The van der Waals surface area contributed by atoms with Crippen molar-refractivity contribution in [3.63, 3.8) is 0 Å². The number of aldehydes is 2. The molecule has 8 nitrogen and oxygen atoms in total. The van der Waals surface area contributed by atoms with E-state index in [1.54, 1.807) is 14.0 Å². The molecule has 1 rings (SSSR count). The number of likely N-dealkylation sites (N-methyl/N-ethyl adjacent to an activating group) is 1. The molecule has 0 amide bonds. The summed E-state index contributed by atoms with van der Waals surface area (Å²) in [4.78, 5) is 39.9. The summed E-state index contributed by atoms with van der Waals surface area (Å²) in [6, 6.07) is -0.383. The first-order valence-corrected chi connectivity index (χ1v) is 10.7. The van der Waals surface area contributed by atoms with Crippen LogP contribution in [0.1, 0.15) is 24.0 Å². The first-order valence-electron chi connectivity index (χ1n) is 8.60. The minimum Gasteiger partial charge on any atom is -0.457 e. The van der Waals surface area contributed by atoms with Crippen molar-refractivity contribution >= 4 is 46.7 Å². The van der Waals surface area contributed by atoms with E-state index >= 15 is 0 Å². The number of hydrogen-bond donors (Lipinski definition) is 1. The van der Waals surface area contributed by atoms with Gasteiger partial charge in [-0.3, -0.25) is 9.79 Å². The van der Waals surface area contributed by atoms with Gasteiger partial charge in [0.05, 0.1) is 13.1 Å². The molecule has 0 aromatic carbocycles. The average molecular weight is 447 g/mol. The van der Waals surface area contributed by atoms with Crippen LogP contribution in [0.15, 0.2) is 23.0 Å². The highest BCUT2D eigenvalue weighted by atomic mass is 32.2. The molecule has 1 aromatic heterocycles. The van der Waals surface area contributed by atoms with Gasteiger partial charge in [-0.25, -0.2) is 4.98 Å². The zero-order valence-electron chi connectivity index (χ0n) is 17.0. The molecule has 29 heavy (non-hydrogen) atoms. The summed E-state index contributed by atoms with van der Waals surface area (Å²) in [5.74, 6) is -0.385. The van der Waals surface area contributed by atoms with E-state index in [-0.39, 0.29) is 31.5 Å². The number of thiazole rings is 1. The van der Waals surface area contributed by atoms with E-state index in [0.717, 1.165) is 6.29 Å². The van der Waals surface area contributed by atoms with Gasteiger partial charge < -0.3 is 19.6 Å². The van der Waals surface area contributed by atoms with Gasteiger partial charge in [-0.05, 0) is 20.2 Å². The number of aromatic nitrogens is 1. The van der Waals surface area contributed by atoms with E-state index in [9.17, 15) is 18.9 Å². The molecule has 1 heterocycles. The fraction of sp³-hybridized carbons (Fsp3) is 0.500. The summed E-state index contributed by atoms with van der Waals surface area (Å²) < 4.78 is 17.5. The number of carbonyl (C=O) groups excluding carboxylic acids is 3. The van der Waals surface area contributed by atoms with Crippen molar-refractivity contribution in [1.82, 2.24) is 15.4 Å². The fourth-order valence-electron chi connectivity index (χ4n) is 1.75. The molecule has 0 aliphatic carbocycles. The third-order valence-electron chi connectivity index (χ3n) is 3.03. The van der Waals surface area contributed by atoms with E-state index < -0.39 is 6.10 Å². The lowest BCUT2D eigenvalue weighted by molar-refractivity contribution is -0.146. The number of halogens is 1. The van der Waals surface area contributed by atoms with Gasteiger partial charge in [0.25, 0.3) is 0 Å². The Kier molecular flexibility index (Phi) is 14.8. The van der Waals surface area contributed by atoms with Gasteiger partial charge in [0.1, 0.15) is 40.5 Å². The molecule has 1 aromatic rings. The molecule has 0 spiro atoms. The Balaban J connectivity index is 0.000000578. The highest BCUT2D eigenvalue weighted by Gasteiger charge is 2.11. The van der Waals surface area contributed by atoms with Crippen LogP contribution in [0.2, 0.25) is 0 Å². The predicted octanol–water partition coefficient (Wildman–Crippen LogP) is 2.05. The normalized spacial score (nSPS) is 13.1. The number of hydrogen-bond acceptors (Lipinski definition) is 10. The third kappa shape index (κ3) is 12.3. The maximum Gasteiger partial charge on any atom is 0.320 e. The van der Waals surface area contributed by atoms with Gasteiger partial charge in [-0.1, -0.05) is 12.7 Å². The van der Waals surface area contributed by atoms with Crippen LogP contribution in [0.25, 0.3) is 0 Å². The van der Waals surface area contributed by atoms with E-state index in [4.69, 9.17) is 4.74 Å². The molecule has 0 fully saturated rings. The van der Waals surface area contributed by atoms with Crippen LogP contribution in [-0.4, -0.2) is 72.7 Å². The molecule has 0 saturated carbocycles. The Hall–Kier alpha value is -1.95. The van der Waals surface area contributed by atoms with Crippen LogP contribution in [0, 0.1) is 0 Å². The first kappa shape index (κ1) is 27.0. The van der Waals surface area contributed by atoms with Gasteiger partial charge in [0.2, 0.25) is 0 Å². The van der Waals surface area contributed by atoms with Crippen molar-refractivity contribution in [3.05, 3.63) is 28.7 Å². The van der Waals surface area contributed by atoms with E-state index in [2.05, 4.69) is 21.9 Å². The summed E-state index contributed by atoms with van der Waals surface area (Å²) in [5.41, 5.74) is 0.702. The van der Waals surface area contributed by atoms with Crippen molar-refractivity contribution < 1.29 is 23.6 Å². The smallest absolute Gasteiger partial charge is 0.320 e. The zero-order chi connectivity index (χ0) is 22.2. The average Bonchev–Trinajstić information content (AvgIpc) is 3.13. The van der Waals surface area contributed by atoms with E-state index in [0.29, 0.717) is 27.2 Å². The Morgan fingerprint density at radius 3 is 2.72 bits per heavy atom. The second-order valence-corrected chi connectivity index (χ2v) is 7.34. The maximum absolute atomic E-state index is 12.7. The number of rotatable bonds is 11. The van der Waals surface area contributed by atoms with Gasteiger partial charge >= 0.3 is 5.97 Å². The third-order valence-corrected chi connectivity index (χ3v) is 4.57. The van der Waals surface area contributed by atoms with Crippen LogP contribution >= 0.6 is 23.1 Å². The van der Waals surface area contributed by atoms with Crippen LogP contribution in [0.3, 0.4) is 0 Å². The quantitative estimate of drug-likeness (QED) is 0.138. The molecule has 2 unspecified atom stereocenters. The topological polar surface area (TPSA) is 101 Å². The monoisotopic (exact) mass is 446 g/mol. The first-order chi connectivity index (χ1) is 13.8. The lowest BCUT2D eigenvalue weighted by Gasteiger charge is -2.10. The van der Waals surface area contributed by atoms with Crippen LogP contribution in [-0.2, 0) is 25.7 Å². The predicted molar refractivity (Wildman–Crippen MR) is 115 cm³/mol. The Morgan fingerprint density at radius 1 is 1.55 bits per heavy atom. The second kappa shape index (κ2) is 15.9. The highest BCUT2D eigenvalue weighted by Crippen LogP contribution is 2.17. The fourth-order valence-corrected chi connectivity index (χ4v) is 3.22. The summed E-state index contributed by atoms with van der Waals surface area (Å²) in [6.45, 7) is 5.45. The zero-order valence-corrected chi connectivity index (χ0v) is 18.6. The van der Waals surface area contributed by atoms with Crippen molar-refractivity contribution in [3.8, 4) is 0 Å². The lowest BCUT2D eigenvalue weighted by Crippen LogP contribution is -2.25. The molecule has 0 aliphatic heterocycles. The van der Waals surface area contributed by atoms with Gasteiger partial charge in [0.15, 0.2) is 0 Å². The molecule has 0 aliphatic rings. The Morgan fingerprint density at radius 2 is 2.24 bits per heavy atom. The van der Waals surface area contributed by atoms with Gasteiger partial charge in [0, 0.05) is 18.8 Å². The van der Waals surface area contributed by atoms with Crippen molar-refractivity contribution in [1.29, 1.82) is 0 Å². The minimum atomic E-state index is -0.497. The molecule has 162 valence electrons. The molecule has 1 N–H and O–H groups in total. The van der Waals surface area contributed by atoms with Crippen LogP contribution < -0.4 is 5.32 Å². The number of ether oxygens (including phenoxy) is 1. The number of aliphatic imine (C=N–C) groups is 1. The highest BCUT2D eigenvalue weighted by molar-refractivity contribution is 8.13. The van der Waals surface area contributed by atoms with E-state index in [1.807, 2.05) is 11.6 Å². The van der Waals surface area contributed by atoms with Crippen molar-refractivity contribution in [2.75, 3.05) is 26.9 Å². The molecular weight excluding hydrogens is 419 g/mol. The van der Waals surface area contributed by atoms with Crippen molar-refractivity contribution in [2.45, 2.75) is 32.0 Å². The standard InChI is InChI=1S/C10H14FN3OS2.C8H13NO3/c1-7(5-15)12-10(16-3)8-6-17-9(13-8)4-14(2)11;1-3-7(4-5-10)12-8(11)6-9-2/h5-7H,4H2,1-3H3;3,5,7,9H,1,4,6H2,2H3. The summed E-state index contributed by atoms with van der Waals surface area (Å²) >= 11 is 2.81. The Labute approximate surface area is 178 Å². The summed E-state index contributed by atoms with van der Waals surface area (Å²) in [7, 11) is 2.99. The molecule has 0 saturated heterocycles. The molecular formula is C18H27FN4O4S2. The van der Waals surface area contributed by atoms with Crippen LogP contribution in [0.4, 0.5) is 4.48 Å². The number of nitrogens with zero attached hydrogens (tertiary/aromatic N) is 3. The number of thioether (sulfide) groups is 1. The molecule has 2 atom stereocenters. The lowest BCUT2D eigenvalue weighted by atomic mass is 10.3. The number of esters is 1. The molecule has 11 heteroatoms. The SMILES string of the molecule is C=CC(CC=O)OC(=O)CNC.CSC(=NC(C)C=O)c1csc(CN(C)F)n1. The Bertz CT molecular complexity index is 683. The molecule has 0 bridgehead atoms. The number of nitrogens with one attached hydrogen (secondary N) is 1. The summed E-state index contributed by atoms with van der Waals surface area (Å²) in [6.07, 6.45) is 4.44. The van der Waals surface area contributed by atoms with Gasteiger partial charge in [-0.15, -0.1) is 32.7 Å². The number of carbonyl (C=O) groups is 3. The second-order valence-electron chi connectivity index (χ2n) is 5.60. The minimum absolute atomic E-state index is 0.142. The van der Waals surface area contributed by atoms with E-state index in [1.165, 1.54) is 36.2 Å². The maximum atomic E-state index is 12.7. The van der Waals surface area contributed by atoms with Crippen molar-refractivity contribution in [2.24, 2.45) is 4.99 Å². The van der Waals surface area contributed by atoms with Crippen LogP contribution in [0.5, 0.6) is 0 Å². The van der Waals surface area contributed by atoms with Gasteiger partial charge in [-0.2, -0.15) is 0 Å².